The first kappa shape index (κ1) is 41.4. The van der Waals surface area contributed by atoms with Gasteiger partial charge in [0, 0.05) is 52.2 Å². The van der Waals surface area contributed by atoms with Crippen LogP contribution >= 0.6 is 0 Å². The molecule has 0 unspecified atom stereocenters. The van der Waals surface area contributed by atoms with Crippen LogP contribution in [0.15, 0.2) is 73.1 Å². The van der Waals surface area contributed by atoms with Crippen molar-refractivity contribution in [2.45, 2.75) is 149 Å². The summed E-state index contributed by atoms with van der Waals surface area (Å²) in [6.45, 7) is 8.33. The fourth-order valence-electron chi connectivity index (χ4n) is 11.6. The summed E-state index contributed by atoms with van der Waals surface area (Å²) in [6.07, 6.45) is 21.9. The number of aryl methyl sites for hydroxylation is 6. The summed E-state index contributed by atoms with van der Waals surface area (Å²) < 4.78 is 13.3. The minimum Gasteiger partial charge on any atom is -0.507 e. The van der Waals surface area contributed by atoms with Gasteiger partial charge in [-0.05, 0) is 246 Å². The Morgan fingerprint density at radius 2 is 0.794 bits per heavy atom. The molecule has 4 aliphatic rings. The molecule has 0 fully saturated rings. The minimum absolute atomic E-state index is 0.269. The van der Waals surface area contributed by atoms with Crippen LogP contribution < -0.4 is 9.47 Å². The molecule has 2 N–H and O–H groups in total. The average Bonchev–Trinajstić information content (AvgIpc) is 3.29. The maximum Gasteiger partial charge on any atom is 0.221 e. The zero-order valence-electron chi connectivity index (χ0n) is 37.7. The van der Waals surface area contributed by atoms with Gasteiger partial charge in [0.1, 0.15) is 23.7 Å². The van der Waals surface area contributed by atoms with Gasteiger partial charge >= 0.3 is 0 Å². The van der Waals surface area contributed by atoms with E-state index in [1.165, 1.54) is 107 Å². The molecule has 10 rings (SSSR count). The summed E-state index contributed by atoms with van der Waals surface area (Å²) in [4.78, 5) is 9.49. The van der Waals surface area contributed by atoms with Crippen LogP contribution in [0.1, 0.15) is 127 Å². The van der Waals surface area contributed by atoms with E-state index < -0.39 is 0 Å². The van der Waals surface area contributed by atoms with Gasteiger partial charge in [0.2, 0.25) is 11.8 Å². The number of rotatable bonds is 10. The third-order valence-corrected chi connectivity index (χ3v) is 14.4. The van der Waals surface area contributed by atoms with E-state index in [4.69, 9.17) is 19.4 Å². The lowest BCUT2D eigenvalue weighted by Crippen LogP contribution is -2.23. The number of nitrogens with zero attached hydrogens (tertiary/aromatic N) is 2. The van der Waals surface area contributed by atoms with Gasteiger partial charge in [-0.25, -0.2) is 9.97 Å². The van der Waals surface area contributed by atoms with Crippen LogP contribution in [0.3, 0.4) is 0 Å². The molecule has 0 spiro atoms. The van der Waals surface area contributed by atoms with Gasteiger partial charge in [-0.1, -0.05) is 12.1 Å². The molecule has 6 aromatic rings. The van der Waals surface area contributed by atoms with Crippen molar-refractivity contribution in [2.75, 3.05) is 0 Å². The van der Waals surface area contributed by atoms with Crippen LogP contribution in [0.25, 0.3) is 44.5 Å². The van der Waals surface area contributed by atoms with Gasteiger partial charge in [-0.2, -0.15) is 0 Å². The summed E-state index contributed by atoms with van der Waals surface area (Å²) in [5.41, 5.74) is 21.3. The molecule has 4 aromatic carbocycles. The molecule has 2 aromatic heterocycles. The number of hydrogen-bond acceptors (Lipinski definition) is 6. The van der Waals surface area contributed by atoms with Gasteiger partial charge in [-0.3, -0.25) is 0 Å². The van der Waals surface area contributed by atoms with E-state index in [1.807, 2.05) is 38.1 Å². The van der Waals surface area contributed by atoms with Crippen molar-refractivity contribution < 1.29 is 19.7 Å². The molecular formula is C57H62N2O4. The Bertz CT molecular complexity index is 2460. The number of phenolic OH excluding ortho intramolecular Hbond substituents is 2. The first-order valence-corrected chi connectivity index (χ1v) is 24.0. The highest BCUT2D eigenvalue weighted by molar-refractivity contribution is 5.89. The number of aromatic hydroxyl groups is 2. The third kappa shape index (κ3) is 8.00. The summed E-state index contributed by atoms with van der Waals surface area (Å²) in [6, 6.07) is 21.3. The quantitative estimate of drug-likeness (QED) is 0.143. The fraction of sp³-hybridized carbons (Fsp3) is 0.404. The highest BCUT2D eigenvalue weighted by Gasteiger charge is 2.29. The number of aromatic nitrogens is 2. The van der Waals surface area contributed by atoms with E-state index in [1.54, 1.807) is 12.4 Å². The molecule has 0 aliphatic heterocycles. The van der Waals surface area contributed by atoms with Gasteiger partial charge in [0.05, 0.1) is 0 Å². The maximum atomic E-state index is 12.3. The lowest BCUT2D eigenvalue weighted by molar-refractivity contribution is 0.125. The van der Waals surface area contributed by atoms with E-state index in [9.17, 15) is 10.2 Å². The van der Waals surface area contributed by atoms with E-state index in [0.29, 0.717) is 29.7 Å². The maximum absolute atomic E-state index is 12.3. The van der Waals surface area contributed by atoms with Crippen molar-refractivity contribution in [1.82, 2.24) is 9.97 Å². The predicted octanol–water partition coefficient (Wildman–Crippen LogP) is 13.3. The van der Waals surface area contributed by atoms with Gasteiger partial charge in [-0.15, -0.1) is 0 Å². The van der Waals surface area contributed by atoms with E-state index >= 15 is 0 Å². The first-order valence-electron chi connectivity index (χ1n) is 24.0. The van der Waals surface area contributed by atoms with Crippen molar-refractivity contribution in [3.8, 4) is 67.8 Å². The second-order valence-corrected chi connectivity index (χ2v) is 19.1. The average molecular weight is 839 g/mol. The van der Waals surface area contributed by atoms with Crippen LogP contribution in [-0.2, 0) is 51.4 Å². The second kappa shape index (κ2) is 17.5. The summed E-state index contributed by atoms with van der Waals surface area (Å²) in [5.74, 6) is 1.57. The van der Waals surface area contributed by atoms with Crippen LogP contribution in [0.2, 0.25) is 0 Å². The lowest BCUT2D eigenvalue weighted by Gasteiger charge is -2.29. The lowest BCUT2D eigenvalue weighted by atomic mass is 9.76. The zero-order chi connectivity index (χ0) is 43.2. The van der Waals surface area contributed by atoms with Crippen LogP contribution in [0, 0.1) is 13.8 Å². The molecule has 324 valence electrons. The van der Waals surface area contributed by atoms with E-state index in [2.05, 4.69) is 50.2 Å². The largest absolute Gasteiger partial charge is 0.507 e. The second-order valence-electron chi connectivity index (χ2n) is 19.1. The van der Waals surface area contributed by atoms with E-state index in [0.717, 1.165) is 95.9 Å². The first-order chi connectivity index (χ1) is 30.7. The molecule has 0 amide bonds. The molecule has 0 bridgehead atoms. The van der Waals surface area contributed by atoms with Crippen molar-refractivity contribution >= 4 is 0 Å². The minimum atomic E-state index is -0.269. The van der Waals surface area contributed by atoms with Crippen LogP contribution in [-0.4, -0.2) is 32.4 Å². The van der Waals surface area contributed by atoms with Crippen LogP contribution in [0.4, 0.5) is 0 Å². The third-order valence-electron chi connectivity index (χ3n) is 14.4. The van der Waals surface area contributed by atoms with E-state index in [-0.39, 0.29) is 12.2 Å². The molecule has 6 nitrogen and oxygen atoms in total. The van der Waals surface area contributed by atoms with Crippen molar-refractivity contribution in [3.63, 3.8) is 0 Å². The predicted molar refractivity (Wildman–Crippen MR) is 254 cm³/mol. The Hall–Kier alpha value is -5.62. The number of fused-ring (bicyclic) bond motifs is 4. The fourth-order valence-corrected chi connectivity index (χ4v) is 11.6. The summed E-state index contributed by atoms with van der Waals surface area (Å²) in [5, 5.41) is 24.6. The highest BCUT2D eigenvalue weighted by Crippen LogP contribution is 2.49. The molecule has 63 heavy (non-hydrogen) atoms. The number of pyridine rings is 2. The molecule has 6 heteroatoms. The normalized spacial score (nSPS) is 16.6. The summed E-state index contributed by atoms with van der Waals surface area (Å²) in [7, 11) is 0. The number of benzene rings is 4. The molecule has 2 heterocycles. The van der Waals surface area contributed by atoms with Gasteiger partial charge < -0.3 is 19.7 Å². The van der Waals surface area contributed by atoms with Gasteiger partial charge in [0.25, 0.3) is 0 Å². The van der Waals surface area contributed by atoms with Crippen molar-refractivity contribution in [3.05, 3.63) is 129 Å². The Morgan fingerprint density at radius 1 is 0.460 bits per heavy atom. The zero-order valence-corrected chi connectivity index (χ0v) is 37.7. The standard InChI is InChI=1S/C57H62N2O4/c1-34-27-48(54(60)50(29-34)52-42-19-9-5-15-38(42)32-39-16-6-10-20-43(39)52)46-23-13-25-58-56(46)62-36(3)31-37(4)63-57-47(24-14-26-59-57)49-28-35(2)30-51(55(49)61)53-44-21-11-7-17-40(44)33-41-18-8-12-22-45(41)53/h13-14,23-30,32-33,36-37,60-61H,5-12,15-22,31H2,1-4H3/t36-,37-/m1/s1. The number of phenols is 2. The van der Waals surface area contributed by atoms with Gasteiger partial charge in [0.15, 0.2) is 0 Å². The Morgan fingerprint density at radius 3 is 1.16 bits per heavy atom. The molecule has 2 atom stereocenters. The Labute approximate surface area is 373 Å². The molecule has 4 aliphatic carbocycles. The number of ether oxygens (including phenoxy) is 2. The Kier molecular flexibility index (Phi) is 11.5. The molecule has 0 saturated heterocycles. The smallest absolute Gasteiger partial charge is 0.221 e. The Balaban J connectivity index is 0.923. The topological polar surface area (TPSA) is 84.7 Å². The molecule has 0 radical (unpaired) electrons. The van der Waals surface area contributed by atoms with Crippen molar-refractivity contribution in [1.29, 1.82) is 0 Å². The monoisotopic (exact) mass is 838 g/mol. The molecule has 0 saturated carbocycles. The molecular weight excluding hydrogens is 777 g/mol. The SMILES string of the molecule is Cc1cc(-c2cccnc2O[C@H](C)C[C@@H](C)Oc2ncccc2-c2cc(C)cc(-c3c4c(cc5c3CCCC5)CCCC4)c2O)c(O)c(-c2c3c(cc4c2CCCC4)CCCC3)c1. The number of hydrogen-bond donors (Lipinski definition) is 2. The van der Waals surface area contributed by atoms with Crippen LogP contribution in [0.5, 0.6) is 23.3 Å². The highest BCUT2D eigenvalue weighted by atomic mass is 16.5. The van der Waals surface area contributed by atoms with Crippen molar-refractivity contribution in [2.24, 2.45) is 0 Å². The summed E-state index contributed by atoms with van der Waals surface area (Å²) >= 11 is 0.